The van der Waals surface area contributed by atoms with E-state index in [-0.39, 0.29) is 36.8 Å². The molecule has 0 spiro atoms. The lowest BCUT2D eigenvalue weighted by molar-refractivity contribution is 0.273. The highest BCUT2D eigenvalue weighted by molar-refractivity contribution is 7.89. The Morgan fingerprint density at radius 1 is 1.08 bits per heavy atom. The van der Waals surface area contributed by atoms with Gasteiger partial charge in [-0.15, -0.1) is 0 Å². The van der Waals surface area contributed by atoms with Crippen molar-refractivity contribution in [3.63, 3.8) is 0 Å². The molecular weight excluding hydrogens is 354 g/mol. The van der Waals surface area contributed by atoms with E-state index in [0.29, 0.717) is 17.5 Å². The molecule has 1 fully saturated rings. The maximum Gasteiger partial charge on any atom is 0.243 e. The number of fused-ring (bicyclic) bond motifs is 1. The fourth-order valence-corrected chi connectivity index (χ4v) is 5.65. The first-order valence-electron chi connectivity index (χ1n) is 7.66. The van der Waals surface area contributed by atoms with E-state index in [0.717, 1.165) is 0 Å². The van der Waals surface area contributed by atoms with E-state index in [2.05, 4.69) is 4.98 Å². The minimum absolute atomic E-state index is 0.0852. The third-order valence-electron chi connectivity index (χ3n) is 3.99. The predicted molar refractivity (Wildman–Crippen MR) is 88.4 cm³/mol. The van der Waals surface area contributed by atoms with Crippen molar-refractivity contribution in [3.8, 4) is 0 Å². The van der Waals surface area contributed by atoms with E-state index >= 15 is 0 Å². The van der Waals surface area contributed by atoms with Crippen LogP contribution in [0, 0.1) is 0 Å². The molecule has 1 aliphatic heterocycles. The summed E-state index contributed by atoms with van der Waals surface area (Å²) in [6.07, 6.45) is 1.80. The molecule has 0 atom stereocenters. The first kappa shape index (κ1) is 17.3. The van der Waals surface area contributed by atoms with Gasteiger partial charge in [0.1, 0.15) is 5.52 Å². The second-order valence-corrected chi connectivity index (χ2v) is 9.63. The third kappa shape index (κ3) is 3.18. The predicted octanol–water partition coefficient (Wildman–Crippen LogP) is 0.874. The Kier molecular flexibility index (Phi) is 4.65. The minimum Gasteiger partial charge on any atom is -0.443 e. The Hall–Kier alpha value is -1.49. The molecule has 2 aromatic rings. The largest absolute Gasteiger partial charge is 0.443 e. The molecule has 0 unspecified atom stereocenters. The van der Waals surface area contributed by atoms with Gasteiger partial charge < -0.3 is 4.42 Å². The van der Waals surface area contributed by atoms with Crippen molar-refractivity contribution in [2.45, 2.75) is 18.2 Å². The summed E-state index contributed by atoms with van der Waals surface area (Å²) in [5.74, 6) is 0.0852. The monoisotopic (exact) mass is 373 g/mol. The number of aromatic nitrogens is 1. The zero-order valence-corrected chi connectivity index (χ0v) is 14.9. The van der Waals surface area contributed by atoms with Crippen molar-refractivity contribution >= 4 is 31.1 Å². The smallest absolute Gasteiger partial charge is 0.243 e. The molecule has 132 valence electrons. The lowest BCUT2D eigenvalue weighted by Crippen LogP contribution is -2.50. The van der Waals surface area contributed by atoms with Crippen LogP contribution in [0.1, 0.15) is 13.3 Å². The second kappa shape index (κ2) is 6.43. The quantitative estimate of drug-likeness (QED) is 0.771. The van der Waals surface area contributed by atoms with Crippen LogP contribution in [0.25, 0.3) is 11.1 Å². The van der Waals surface area contributed by atoms with Crippen LogP contribution in [0.15, 0.2) is 33.9 Å². The van der Waals surface area contributed by atoms with E-state index in [1.54, 1.807) is 13.0 Å². The number of benzene rings is 1. The summed E-state index contributed by atoms with van der Waals surface area (Å²) >= 11 is 0. The molecule has 8 nitrogen and oxygen atoms in total. The molecule has 10 heteroatoms. The average Bonchev–Trinajstić information content (AvgIpc) is 3.02. The number of hydrogen-bond donors (Lipinski definition) is 0. The summed E-state index contributed by atoms with van der Waals surface area (Å²) in [6.45, 7) is 2.43. The summed E-state index contributed by atoms with van der Waals surface area (Å²) in [5.41, 5.74) is 0.990. The first-order valence-corrected chi connectivity index (χ1v) is 10.7. The molecule has 0 amide bonds. The van der Waals surface area contributed by atoms with Crippen LogP contribution >= 0.6 is 0 Å². The fraction of sp³-hybridized carbons (Fsp3) is 0.500. The molecule has 3 rings (SSSR count). The van der Waals surface area contributed by atoms with Crippen molar-refractivity contribution in [1.29, 1.82) is 0 Å². The molecule has 1 aromatic heterocycles. The van der Waals surface area contributed by atoms with Gasteiger partial charge >= 0.3 is 0 Å². The zero-order chi connectivity index (χ0) is 17.4. The van der Waals surface area contributed by atoms with Crippen LogP contribution in [-0.2, 0) is 20.0 Å². The molecular formula is C14H19N3O5S2. The lowest BCUT2D eigenvalue weighted by Gasteiger charge is -2.33. The highest BCUT2D eigenvalue weighted by Gasteiger charge is 2.32. The average molecular weight is 373 g/mol. The molecule has 0 bridgehead atoms. The van der Waals surface area contributed by atoms with Crippen molar-refractivity contribution in [2.24, 2.45) is 0 Å². The summed E-state index contributed by atoms with van der Waals surface area (Å²) in [6, 6.07) is 4.52. The SMILES string of the molecule is CCCS(=O)(=O)N1CCN(S(=O)(=O)c2ccc3ncoc3c2)CC1. The summed E-state index contributed by atoms with van der Waals surface area (Å²) < 4.78 is 57.4. The molecule has 2 heterocycles. The van der Waals surface area contributed by atoms with Gasteiger partial charge in [-0.2, -0.15) is 8.61 Å². The van der Waals surface area contributed by atoms with Crippen LogP contribution < -0.4 is 0 Å². The Balaban J connectivity index is 1.77. The van der Waals surface area contributed by atoms with E-state index < -0.39 is 20.0 Å². The molecule has 24 heavy (non-hydrogen) atoms. The van der Waals surface area contributed by atoms with Gasteiger partial charge in [-0.25, -0.2) is 21.8 Å². The van der Waals surface area contributed by atoms with Crippen LogP contribution in [0.3, 0.4) is 0 Å². The van der Waals surface area contributed by atoms with Crippen molar-refractivity contribution in [1.82, 2.24) is 13.6 Å². The van der Waals surface area contributed by atoms with Crippen molar-refractivity contribution < 1.29 is 21.3 Å². The number of rotatable bonds is 5. The van der Waals surface area contributed by atoms with Gasteiger partial charge in [0.2, 0.25) is 20.0 Å². The number of oxazole rings is 1. The van der Waals surface area contributed by atoms with Crippen LogP contribution in [0.4, 0.5) is 0 Å². The molecule has 1 aromatic carbocycles. The van der Waals surface area contributed by atoms with Crippen LogP contribution in [0.5, 0.6) is 0 Å². The number of piperazine rings is 1. The number of nitrogens with zero attached hydrogens (tertiary/aromatic N) is 3. The standard InChI is InChI=1S/C14H19N3O5S2/c1-2-9-23(18,19)16-5-7-17(8-6-16)24(20,21)12-3-4-13-14(10-12)22-11-15-13/h3-4,10-11H,2,5-9H2,1H3. The minimum atomic E-state index is -3.69. The number of sulfonamides is 2. The van der Waals surface area contributed by atoms with Gasteiger partial charge in [-0.3, -0.25) is 0 Å². The fourth-order valence-electron chi connectivity index (χ4n) is 2.72. The van der Waals surface area contributed by atoms with Gasteiger partial charge in [0.05, 0.1) is 10.6 Å². The molecule has 0 aliphatic carbocycles. The molecule has 0 radical (unpaired) electrons. The summed E-state index contributed by atoms with van der Waals surface area (Å²) in [7, 11) is -6.99. The Labute approximate surface area is 141 Å². The Morgan fingerprint density at radius 2 is 1.75 bits per heavy atom. The highest BCUT2D eigenvalue weighted by atomic mass is 32.2. The summed E-state index contributed by atoms with van der Waals surface area (Å²) in [5, 5.41) is 0. The molecule has 0 N–H and O–H groups in total. The van der Waals surface area contributed by atoms with Crippen LogP contribution in [0.2, 0.25) is 0 Å². The summed E-state index contributed by atoms with van der Waals surface area (Å²) in [4.78, 5) is 4.08. The maximum atomic E-state index is 12.7. The Morgan fingerprint density at radius 3 is 2.42 bits per heavy atom. The van der Waals surface area contributed by atoms with E-state index in [4.69, 9.17) is 4.42 Å². The van der Waals surface area contributed by atoms with E-state index in [9.17, 15) is 16.8 Å². The van der Waals surface area contributed by atoms with Gasteiger partial charge in [-0.1, -0.05) is 6.92 Å². The molecule has 1 aliphatic rings. The zero-order valence-electron chi connectivity index (χ0n) is 13.3. The maximum absolute atomic E-state index is 12.7. The van der Waals surface area contributed by atoms with Gasteiger partial charge in [0.15, 0.2) is 12.0 Å². The molecule has 1 saturated heterocycles. The van der Waals surface area contributed by atoms with Crippen molar-refractivity contribution in [3.05, 3.63) is 24.6 Å². The normalized spacial score (nSPS) is 18.2. The third-order valence-corrected chi connectivity index (χ3v) is 7.96. The van der Waals surface area contributed by atoms with Gasteiger partial charge in [0.25, 0.3) is 0 Å². The molecule has 0 saturated carbocycles. The van der Waals surface area contributed by atoms with Crippen molar-refractivity contribution in [2.75, 3.05) is 31.9 Å². The lowest BCUT2D eigenvalue weighted by atomic mass is 10.3. The Bertz CT molecular complexity index is 928. The topological polar surface area (TPSA) is 101 Å². The van der Waals surface area contributed by atoms with Crippen LogP contribution in [-0.4, -0.2) is 62.4 Å². The second-order valence-electron chi connectivity index (χ2n) is 5.60. The van der Waals surface area contributed by atoms with Gasteiger partial charge in [0, 0.05) is 32.2 Å². The van der Waals surface area contributed by atoms with E-state index in [1.807, 2.05) is 0 Å². The first-order chi connectivity index (χ1) is 11.3. The van der Waals surface area contributed by atoms with E-state index in [1.165, 1.54) is 27.1 Å². The number of hydrogen-bond acceptors (Lipinski definition) is 6. The highest BCUT2D eigenvalue weighted by Crippen LogP contribution is 2.22. The van der Waals surface area contributed by atoms with Gasteiger partial charge in [-0.05, 0) is 18.6 Å².